The number of aryl methyl sites for hydroxylation is 1. The maximum Gasteiger partial charge on any atom is 0.485 e. The van der Waals surface area contributed by atoms with Gasteiger partial charge in [-0.2, -0.15) is 17.6 Å². The Kier molecular flexibility index (Phi) is 9.19. The molecule has 0 aliphatic carbocycles. The van der Waals surface area contributed by atoms with Crippen molar-refractivity contribution in [2.45, 2.75) is 49.6 Å². The van der Waals surface area contributed by atoms with Crippen LogP contribution in [0.15, 0.2) is 41.2 Å². The van der Waals surface area contributed by atoms with Crippen molar-refractivity contribution in [2.24, 2.45) is 13.0 Å². The van der Waals surface area contributed by atoms with Crippen molar-refractivity contribution in [1.29, 1.82) is 0 Å². The fraction of sp³-hybridized carbons (Fsp3) is 0.400. The average Bonchev–Trinajstić information content (AvgIpc) is 3.56. The van der Waals surface area contributed by atoms with Gasteiger partial charge in [0.25, 0.3) is 11.5 Å². The van der Waals surface area contributed by atoms with Crippen LogP contribution < -0.4 is 4.57 Å². The Balaban J connectivity index is 0.000000488. The van der Waals surface area contributed by atoms with Gasteiger partial charge in [0.1, 0.15) is 18.5 Å². The van der Waals surface area contributed by atoms with E-state index in [2.05, 4.69) is 8.97 Å². The van der Waals surface area contributed by atoms with Crippen molar-refractivity contribution < 1.29 is 55.1 Å². The topological polar surface area (TPSA) is 175 Å². The van der Waals surface area contributed by atoms with Crippen LogP contribution in [0.2, 0.25) is 0 Å². The van der Waals surface area contributed by atoms with Crippen molar-refractivity contribution in [3.8, 4) is 0 Å². The molecule has 0 spiro atoms. The van der Waals surface area contributed by atoms with Crippen LogP contribution >= 0.6 is 23.1 Å². The molecule has 44 heavy (non-hydrogen) atoms. The third-order valence-corrected chi connectivity index (χ3v) is 9.91. The molecule has 1 N–H and O–H groups in total. The van der Waals surface area contributed by atoms with E-state index in [1.165, 1.54) is 29.2 Å². The van der Waals surface area contributed by atoms with Gasteiger partial charge in [-0.25, -0.2) is 17.8 Å². The molecule has 0 saturated carbocycles. The highest BCUT2D eigenvalue weighted by Crippen LogP contribution is 2.49. The number of non-ortho nitro benzene ring substituents is 1. The van der Waals surface area contributed by atoms with Crippen molar-refractivity contribution in [1.82, 2.24) is 9.30 Å². The first-order valence-electron chi connectivity index (χ1n) is 12.6. The van der Waals surface area contributed by atoms with Crippen LogP contribution in [0.25, 0.3) is 10.4 Å². The monoisotopic (exact) mass is 678 g/mol. The number of β-lactam (4-membered cyclic amide) rings is 1. The molecule has 238 valence electrons. The molecule has 2 aromatic heterocycles. The number of halogens is 3. The third kappa shape index (κ3) is 6.06. The van der Waals surface area contributed by atoms with Crippen molar-refractivity contribution in [3.05, 3.63) is 62.5 Å². The molecule has 1 saturated heterocycles. The first kappa shape index (κ1) is 33.4. The van der Waals surface area contributed by atoms with Crippen LogP contribution in [0.4, 0.5) is 18.9 Å². The van der Waals surface area contributed by atoms with Crippen molar-refractivity contribution >= 4 is 61.2 Å². The molecule has 4 heterocycles. The zero-order chi connectivity index (χ0) is 32.9. The Morgan fingerprint density at radius 1 is 1.32 bits per heavy atom. The summed E-state index contributed by atoms with van der Waals surface area (Å²) in [6.07, 6.45) is 3.63. The lowest BCUT2D eigenvalue weighted by atomic mass is 9.83. The lowest BCUT2D eigenvalue weighted by Gasteiger charge is -2.44. The lowest BCUT2D eigenvalue weighted by Crippen LogP contribution is -2.61. The minimum absolute atomic E-state index is 0.0496. The Morgan fingerprint density at radius 3 is 2.41 bits per heavy atom. The number of carbonyl (C=O) groups excluding carboxylic acids is 2. The summed E-state index contributed by atoms with van der Waals surface area (Å²) in [5.41, 5.74) is -4.16. The number of hydrogen-bond acceptors (Lipinski definition) is 11. The zero-order valence-corrected chi connectivity index (χ0v) is 25.8. The molecular weight excluding hydrogens is 653 g/mol. The molecule has 0 bridgehead atoms. The van der Waals surface area contributed by atoms with Gasteiger partial charge >= 0.3 is 11.5 Å². The molecule has 13 nitrogen and oxygen atoms in total. The van der Waals surface area contributed by atoms with Crippen molar-refractivity contribution in [2.75, 3.05) is 6.26 Å². The Labute approximate surface area is 256 Å². The number of nitrogens with zero attached hydrogens (tertiary/aromatic N) is 4. The van der Waals surface area contributed by atoms with Gasteiger partial charge in [0.2, 0.25) is 15.8 Å². The van der Waals surface area contributed by atoms with E-state index in [1.54, 1.807) is 30.0 Å². The predicted octanol–water partition coefficient (Wildman–Crippen LogP) is 2.88. The molecule has 19 heteroatoms. The molecule has 5 rings (SSSR count). The summed E-state index contributed by atoms with van der Waals surface area (Å²) in [6.45, 7) is 3.53. The number of ether oxygens (including phenoxy) is 1. The van der Waals surface area contributed by atoms with E-state index < -0.39 is 38.5 Å². The normalized spacial score (nSPS) is 18.9. The molecule has 1 aromatic carbocycles. The lowest BCUT2D eigenvalue weighted by molar-refractivity contribution is -0.711. The molecule has 2 aliphatic heterocycles. The number of thioether (sulfide) groups is 1. The molecule has 1 amide bonds. The molecule has 3 aromatic rings. The van der Waals surface area contributed by atoms with Gasteiger partial charge in [0.05, 0.1) is 34.9 Å². The van der Waals surface area contributed by atoms with E-state index >= 15 is 0 Å². The van der Waals surface area contributed by atoms with E-state index in [0.29, 0.717) is 12.0 Å². The average molecular weight is 679 g/mol. The number of fused-ring (bicyclic) bond motifs is 2. The van der Waals surface area contributed by atoms with Gasteiger partial charge in [-0.1, -0.05) is 23.1 Å². The van der Waals surface area contributed by atoms with Crippen LogP contribution in [-0.4, -0.2) is 68.1 Å². The minimum Gasteiger partial charge on any atom is -0.741 e. The standard InChI is InChI=1S/C24H25N4O6S2.CHF3O3S/c1-12(29)19-17-9-16(18-10-26-13(2)25(3)22(35-4)23(26)36-18)20(27(17)21(19)30)24(31)34-11-14-5-7-15(8-6-14)28(32)33;2-1(3,4)8(5,6)7/h5-8,10,12,17,19,29H,9,11H2,1-4H3;(H,5,6,7)/q+1;/p-1/t12-,17-,19-;/m1./s1. The predicted molar refractivity (Wildman–Crippen MR) is 149 cm³/mol. The number of amides is 1. The summed E-state index contributed by atoms with van der Waals surface area (Å²) >= 11 is 3.20. The number of aromatic nitrogens is 2. The second kappa shape index (κ2) is 12.1. The molecule has 0 radical (unpaired) electrons. The zero-order valence-electron chi connectivity index (χ0n) is 23.4. The maximum absolute atomic E-state index is 13.3. The number of rotatable bonds is 7. The number of hydrogen-bond donors (Lipinski definition) is 1. The Morgan fingerprint density at radius 2 is 1.91 bits per heavy atom. The van der Waals surface area contributed by atoms with Crippen molar-refractivity contribution in [3.63, 3.8) is 0 Å². The number of carbonyl (C=O) groups is 2. The smallest absolute Gasteiger partial charge is 0.485 e. The quantitative estimate of drug-likeness (QED) is 0.0572. The highest BCUT2D eigenvalue weighted by molar-refractivity contribution is 7.98. The second-order valence-electron chi connectivity index (χ2n) is 9.86. The maximum atomic E-state index is 13.3. The number of nitro benzene ring substituents is 1. The number of benzene rings is 1. The number of imidazole rings is 1. The number of esters is 1. The van der Waals surface area contributed by atoms with Crippen LogP contribution in [-0.2, 0) is 38.1 Å². The first-order chi connectivity index (χ1) is 20.4. The number of nitro groups is 1. The summed E-state index contributed by atoms with van der Waals surface area (Å²) in [6, 6.07) is 5.47. The van der Waals surface area contributed by atoms with Crippen LogP contribution in [0.1, 0.15) is 29.6 Å². The van der Waals surface area contributed by atoms with Gasteiger partial charge in [-0.3, -0.25) is 14.9 Å². The van der Waals surface area contributed by atoms with E-state index in [4.69, 9.17) is 17.7 Å². The van der Waals surface area contributed by atoms with Gasteiger partial charge < -0.3 is 19.3 Å². The molecule has 0 unspecified atom stereocenters. The SMILES string of the molecule is CSc1c2sc(C3=C(C(=O)OCc4ccc([N+](=O)[O-])cc4)N4C(=O)[C@H]([C@@H](C)O)[C@H]4C3)cn2c(C)[n+]1C.O=S(=O)([O-])C(F)(F)F. The molecule has 2 aliphatic rings. The number of aliphatic hydroxyl groups is 1. The highest BCUT2D eigenvalue weighted by Gasteiger charge is 2.57. The van der Waals surface area contributed by atoms with Gasteiger partial charge in [-0.15, -0.1) is 0 Å². The van der Waals surface area contributed by atoms with E-state index in [1.807, 2.05) is 26.4 Å². The van der Waals surface area contributed by atoms with E-state index in [-0.39, 0.29) is 29.9 Å². The van der Waals surface area contributed by atoms with Gasteiger partial charge in [0.15, 0.2) is 10.1 Å². The van der Waals surface area contributed by atoms with Crippen LogP contribution in [0.5, 0.6) is 0 Å². The summed E-state index contributed by atoms with van der Waals surface area (Å²) in [4.78, 5) is 40.0. The fourth-order valence-electron chi connectivity index (χ4n) is 4.97. The summed E-state index contributed by atoms with van der Waals surface area (Å²) in [5, 5.41) is 22.1. The Bertz CT molecular complexity index is 1780. The summed E-state index contributed by atoms with van der Waals surface area (Å²) < 4.78 is 68.7. The summed E-state index contributed by atoms with van der Waals surface area (Å²) in [7, 11) is -4.08. The highest BCUT2D eigenvalue weighted by atomic mass is 32.2. The first-order valence-corrected chi connectivity index (χ1v) is 16.1. The molecule has 3 atom stereocenters. The fourth-order valence-corrected chi connectivity index (χ4v) is 7.20. The van der Waals surface area contributed by atoms with E-state index in [9.17, 15) is 38.0 Å². The third-order valence-electron chi connectivity index (χ3n) is 7.21. The number of thiazole rings is 1. The van der Waals surface area contributed by atoms with Gasteiger partial charge in [0, 0.05) is 24.6 Å². The summed E-state index contributed by atoms with van der Waals surface area (Å²) in [5.74, 6) is -0.442. The molecular formula is C25H25F3N4O9S3. The second-order valence-corrected chi connectivity index (χ2v) is 13.1. The van der Waals surface area contributed by atoms with Crippen LogP contribution in [0.3, 0.4) is 0 Å². The Hall–Kier alpha value is -3.52. The minimum atomic E-state index is -6.09. The largest absolute Gasteiger partial charge is 0.741 e. The van der Waals surface area contributed by atoms with E-state index in [0.717, 1.165) is 26.1 Å². The van der Waals surface area contributed by atoms with Gasteiger partial charge in [-0.05, 0) is 37.3 Å². The number of aliphatic hydroxyl groups excluding tert-OH is 1. The number of alkyl halides is 3. The molecule has 1 fully saturated rings. The van der Waals surface area contributed by atoms with Crippen LogP contribution in [0, 0.1) is 23.0 Å².